The Morgan fingerprint density at radius 2 is 2.22 bits per heavy atom. The number of rotatable bonds is 2. The van der Waals surface area contributed by atoms with Gasteiger partial charge in [-0.3, -0.25) is 4.99 Å². The number of alkyl halides is 1. The van der Waals surface area contributed by atoms with Crippen LogP contribution in [0.25, 0.3) is 0 Å². The van der Waals surface area contributed by atoms with Crippen LogP contribution in [0.3, 0.4) is 0 Å². The molecule has 0 saturated heterocycles. The monoisotopic (exact) mass is 129 g/mol. The maximum Gasteiger partial charge on any atom is 0.132 e. The van der Waals surface area contributed by atoms with Gasteiger partial charge in [0.1, 0.15) is 6.17 Å². The van der Waals surface area contributed by atoms with Crippen molar-refractivity contribution in [3.8, 4) is 0 Å². The van der Waals surface area contributed by atoms with Crippen LogP contribution in [-0.4, -0.2) is 12.4 Å². The lowest BCUT2D eigenvalue weighted by Crippen LogP contribution is -1.91. The summed E-state index contributed by atoms with van der Waals surface area (Å²) >= 11 is 0. The van der Waals surface area contributed by atoms with Crippen molar-refractivity contribution in [3.63, 3.8) is 0 Å². The number of hydrogen-bond acceptors (Lipinski definition) is 1. The molecule has 1 nitrogen and oxygen atoms in total. The average Bonchev–Trinajstić information content (AvgIpc) is 1.83. The van der Waals surface area contributed by atoms with Gasteiger partial charge in [0.25, 0.3) is 0 Å². The third-order valence-electron chi connectivity index (χ3n) is 0.901. The Morgan fingerprint density at radius 1 is 1.67 bits per heavy atom. The Labute approximate surface area is 55.3 Å². The average molecular weight is 129 g/mol. The van der Waals surface area contributed by atoms with Crippen LogP contribution in [0.1, 0.15) is 20.8 Å². The molecule has 0 spiro atoms. The second-order valence-corrected chi connectivity index (χ2v) is 1.89. The largest absolute Gasteiger partial charge is 0.263 e. The predicted molar refractivity (Wildman–Crippen MR) is 38.5 cm³/mol. The van der Waals surface area contributed by atoms with Crippen molar-refractivity contribution in [2.24, 2.45) is 4.99 Å². The first-order valence-electron chi connectivity index (χ1n) is 2.98. The van der Waals surface area contributed by atoms with E-state index in [4.69, 9.17) is 0 Å². The van der Waals surface area contributed by atoms with Crippen LogP contribution in [-0.2, 0) is 0 Å². The Bertz CT molecular complexity index is 125. The molecule has 0 bridgehead atoms. The van der Waals surface area contributed by atoms with Crippen molar-refractivity contribution in [2.75, 3.05) is 0 Å². The van der Waals surface area contributed by atoms with Crippen LogP contribution in [0, 0.1) is 0 Å². The molecule has 1 unspecified atom stereocenters. The zero-order chi connectivity index (χ0) is 7.28. The van der Waals surface area contributed by atoms with Crippen molar-refractivity contribution in [3.05, 3.63) is 11.8 Å². The Balaban J connectivity index is 3.71. The van der Waals surface area contributed by atoms with Gasteiger partial charge in [-0.05, 0) is 20.8 Å². The summed E-state index contributed by atoms with van der Waals surface area (Å²) in [5.41, 5.74) is 0.847. The smallest absolute Gasteiger partial charge is 0.132 e. The maximum atomic E-state index is 12.0. The van der Waals surface area contributed by atoms with E-state index in [9.17, 15) is 4.39 Å². The quantitative estimate of drug-likeness (QED) is 0.507. The van der Waals surface area contributed by atoms with Gasteiger partial charge in [0, 0.05) is 11.9 Å². The van der Waals surface area contributed by atoms with E-state index in [2.05, 4.69) is 4.99 Å². The van der Waals surface area contributed by atoms with Gasteiger partial charge in [0.2, 0.25) is 0 Å². The van der Waals surface area contributed by atoms with Gasteiger partial charge in [-0.15, -0.1) is 0 Å². The van der Waals surface area contributed by atoms with E-state index in [1.807, 2.05) is 19.9 Å². The summed E-state index contributed by atoms with van der Waals surface area (Å²) in [4.78, 5) is 3.80. The van der Waals surface area contributed by atoms with Gasteiger partial charge in [-0.2, -0.15) is 0 Å². The molecule has 0 aliphatic carbocycles. The topological polar surface area (TPSA) is 12.4 Å². The van der Waals surface area contributed by atoms with Crippen LogP contribution in [0.4, 0.5) is 4.39 Å². The molecule has 0 fully saturated rings. The summed E-state index contributed by atoms with van der Waals surface area (Å²) in [5.74, 6) is 0. The van der Waals surface area contributed by atoms with Crippen molar-refractivity contribution < 1.29 is 4.39 Å². The molecule has 0 radical (unpaired) electrons. The highest BCUT2D eigenvalue weighted by molar-refractivity contribution is 5.63. The molecule has 0 aliphatic heterocycles. The van der Waals surface area contributed by atoms with Crippen LogP contribution in [0.15, 0.2) is 16.8 Å². The molecule has 0 amide bonds. The first-order valence-corrected chi connectivity index (χ1v) is 2.98. The van der Waals surface area contributed by atoms with Crippen LogP contribution < -0.4 is 0 Å². The number of halogens is 1. The van der Waals surface area contributed by atoms with Gasteiger partial charge in [0.15, 0.2) is 0 Å². The third kappa shape index (κ3) is 5.21. The summed E-state index contributed by atoms with van der Waals surface area (Å²) in [7, 11) is 0. The van der Waals surface area contributed by atoms with E-state index in [1.54, 1.807) is 0 Å². The lowest BCUT2D eigenvalue weighted by molar-refractivity contribution is 0.461. The van der Waals surface area contributed by atoms with Crippen molar-refractivity contribution in [2.45, 2.75) is 26.9 Å². The molecule has 0 rings (SSSR count). The van der Waals surface area contributed by atoms with E-state index in [1.165, 1.54) is 13.1 Å². The second-order valence-electron chi connectivity index (χ2n) is 1.89. The van der Waals surface area contributed by atoms with Gasteiger partial charge >= 0.3 is 0 Å². The fourth-order valence-corrected chi connectivity index (χ4v) is 0.295. The van der Waals surface area contributed by atoms with Crippen LogP contribution >= 0.6 is 0 Å². The van der Waals surface area contributed by atoms with E-state index in [-0.39, 0.29) is 0 Å². The maximum absolute atomic E-state index is 12.0. The van der Waals surface area contributed by atoms with Gasteiger partial charge in [-0.25, -0.2) is 4.39 Å². The molecular weight excluding hydrogens is 117 g/mol. The highest BCUT2D eigenvalue weighted by Gasteiger charge is 1.87. The third-order valence-corrected chi connectivity index (χ3v) is 0.901. The fraction of sp³-hybridized carbons (Fsp3) is 0.571. The molecule has 0 aromatic heterocycles. The molecule has 52 valence electrons. The number of aliphatic imine (C=N–C) groups is 1. The van der Waals surface area contributed by atoms with Crippen molar-refractivity contribution >= 4 is 6.21 Å². The van der Waals surface area contributed by atoms with E-state index in [0.717, 1.165) is 5.70 Å². The van der Waals surface area contributed by atoms with Gasteiger partial charge in [0.05, 0.1) is 0 Å². The van der Waals surface area contributed by atoms with E-state index < -0.39 is 6.17 Å². The highest BCUT2D eigenvalue weighted by Crippen LogP contribution is 1.92. The van der Waals surface area contributed by atoms with Crippen LogP contribution in [0.2, 0.25) is 0 Å². The first kappa shape index (κ1) is 8.34. The molecule has 9 heavy (non-hydrogen) atoms. The minimum absolute atomic E-state index is 0.847. The molecule has 2 heteroatoms. The number of nitrogens with zero attached hydrogens (tertiary/aromatic N) is 1. The summed E-state index contributed by atoms with van der Waals surface area (Å²) in [6.07, 6.45) is 2.17. The molecule has 0 aromatic carbocycles. The second kappa shape index (κ2) is 4.24. The Hall–Kier alpha value is -0.660. The fourth-order valence-electron chi connectivity index (χ4n) is 0.295. The van der Waals surface area contributed by atoms with Gasteiger partial charge < -0.3 is 0 Å². The lowest BCUT2D eigenvalue weighted by Gasteiger charge is -1.89. The summed E-state index contributed by atoms with van der Waals surface area (Å²) in [6, 6.07) is 0. The van der Waals surface area contributed by atoms with Crippen molar-refractivity contribution in [1.82, 2.24) is 0 Å². The molecule has 1 atom stereocenters. The van der Waals surface area contributed by atoms with Crippen LogP contribution in [0.5, 0.6) is 0 Å². The molecule has 0 heterocycles. The highest BCUT2D eigenvalue weighted by atomic mass is 19.1. The van der Waals surface area contributed by atoms with E-state index >= 15 is 0 Å². The number of allylic oxidation sites excluding steroid dienone is 2. The molecule has 0 aliphatic rings. The van der Waals surface area contributed by atoms with Crippen molar-refractivity contribution in [1.29, 1.82) is 0 Å². The summed E-state index contributed by atoms with van der Waals surface area (Å²) in [5, 5.41) is 0. The zero-order valence-electron chi connectivity index (χ0n) is 6.06. The van der Waals surface area contributed by atoms with Gasteiger partial charge in [-0.1, -0.05) is 6.08 Å². The van der Waals surface area contributed by atoms with E-state index in [0.29, 0.717) is 0 Å². The minimum Gasteiger partial charge on any atom is -0.263 e. The Kier molecular flexibility index (Phi) is 3.93. The number of hydrogen-bond donors (Lipinski definition) is 0. The molecular formula is C7H12FN. The summed E-state index contributed by atoms with van der Waals surface area (Å²) < 4.78 is 12.0. The lowest BCUT2D eigenvalue weighted by atomic mass is 10.4. The zero-order valence-corrected chi connectivity index (χ0v) is 6.06. The first-order chi connectivity index (χ1) is 4.16. The predicted octanol–water partition coefficient (Wildman–Crippen LogP) is 2.34. The standard InChI is InChI=1S/C7H12FN/c1-4-7(3)9-5-6(2)8/h4-6H,1-3H3/b7-4-,9-5?. The normalized spacial score (nSPS) is 16.7. The summed E-state index contributed by atoms with van der Waals surface area (Å²) in [6.45, 7) is 5.15. The minimum atomic E-state index is -0.945. The SMILES string of the molecule is C/C=C(/C)N=CC(C)F. The molecule has 0 saturated carbocycles. The molecule has 0 aromatic rings. The Morgan fingerprint density at radius 3 is 2.56 bits per heavy atom. The molecule has 0 N–H and O–H groups in total.